The summed E-state index contributed by atoms with van der Waals surface area (Å²) in [5.74, 6) is 0. The first-order valence-corrected chi connectivity index (χ1v) is 6.02. The van der Waals surface area contributed by atoms with E-state index in [0.29, 0.717) is 0 Å². The summed E-state index contributed by atoms with van der Waals surface area (Å²) in [5, 5.41) is 0. The smallest absolute Gasteiger partial charge is 0.725 e. The molecule has 0 aliphatic heterocycles. The average Bonchev–Trinajstić information content (AvgIpc) is 2.01. The second-order valence-electron chi connectivity index (χ2n) is 2.24. The van der Waals surface area contributed by atoms with Crippen molar-refractivity contribution in [2.45, 2.75) is 4.90 Å². The average molecular weight is 314 g/mol. The first-order valence-electron chi connectivity index (χ1n) is 3.28. The fraction of sp³-hybridized carbons (Fsp3) is 0. The van der Waals surface area contributed by atoms with Crippen LogP contribution in [0.15, 0.2) is 35.2 Å². The molecule has 1 aromatic carbocycles. The van der Waals surface area contributed by atoms with Gasteiger partial charge in [-0.2, -0.15) is 12.0 Å². The normalized spacial score (nSPS) is 10.4. The van der Waals surface area contributed by atoms with E-state index < -0.39 is 20.5 Å². The monoisotopic (exact) mass is 313 g/mol. The maximum Gasteiger partial charge on any atom is 1.00 e. The zero-order chi connectivity index (χ0) is 10.8. The Labute approximate surface area is 128 Å². The third-order valence-corrected chi connectivity index (χ3v) is 3.44. The summed E-state index contributed by atoms with van der Waals surface area (Å²) in [6.45, 7) is 0. The van der Waals surface area contributed by atoms with Crippen LogP contribution in [0, 0.1) is 0 Å². The van der Waals surface area contributed by atoms with Gasteiger partial charge in [0.1, 0.15) is 0 Å². The molecule has 1 aromatic rings. The summed E-state index contributed by atoms with van der Waals surface area (Å²) in [5.41, 5.74) is 0. The quantitative estimate of drug-likeness (QED) is 0.368. The van der Waals surface area contributed by atoms with Crippen LogP contribution < -0.4 is 35.7 Å². The zero-order valence-electron chi connectivity index (χ0n) is 8.77. The minimum Gasteiger partial charge on any atom is -0.725 e. The number of rotatable bonds is 3. The maximum atomic E-state index is 11.0. The maximum absolute atomic E-state index is 11.0. The molecule has 0 atom stereocenters. The van der Waals surface area contributed by atoms with E-state index in [1.807, 2.05) is 0 Å². The Kier molecular flexibility index (Phi) is 11.1. The van der Waals surface area contributed by atoms with Crippen LogP contribution in [-0.4, -0.2) is 21.4 Å². The molecule has 3 N–H and O–H groups in total. The molecular weight excluding hydrogens is 305 g/mol. The van der Waals surface area contributed by atoms with Gasteiger partial charge in [-0.25, -0.2) is 8.42 Å². The molecule has 0 radical (unpaired) electrons. The van der Waals surface area contributed by atoms with Crippen molar-refractivity contribution in [2.75, 3.05) is 0 Å². The third kappa shape index (κ3) is 8.08. The Morgan fingerprint density at radius 2 is 1.41 bits per heavy atom. The third-order valence-electron chi connectivity index (χ3n) is 1.20. The van der Waals surface area contributed by atoms with Crippen molar-refractivity contribution in [3.8, 4) is 0 Å². The van der Waals surface area contributed by atoms with E-state index in [-0.39, 0.29) is 53.0 Å². The zero-order valence-corrected chi connectivity index (χ0v) is 13.2. The van der Waals surface area contributed by atoms with Crippen molar-refractivity contribution in [1.29, 1.82) is 0 Å². The number of hydrogen-bond acceptors (Lipinski definition) is 7. The molecule has 1 rings (SSSR count). The van der Waals surface area contributed by atoms with Gasteiger partial charge in [-0.3, -0.25) is 0 Å². The van der Waals surface area contributed by atoms with Crippen molar-refractivity contribution in [2.24, 2.45) is 0 Å². The molecule has 0 unspecified atom stereocenters. The topological polar surface area (TPSA) is 136 Å². The molecular formula is C6H9ClNNaO6S2. The fourth-order valence-electron chi connectivity index (χ4n) is 0.736. The van der Waals surface area contributed by atoms with Crippen LogP contribution in [0.3, 0.4) is 0 Å². The molecule has 0 fully saturated rings. The van der Waals surface area contributed by atoms with E-state index >= 15 is 0 Å². The van der Waals surface area contributed by atoms with E-state index in [1.54, 1.807) is 0 Å². The summed E-state index contributed by atoms with van der Waals surface area (Å²) in [7, 11) is -9.79. The Balaban J connectivity index is -0.000000653. The SMILES string of the molecule is Cl.N.O=S(=O)([O-])OS(=O)(=O)c1ccccc1.[Na+]. The van der Waals surface area contributed by atoms with Crippen LogP contribution in [-0.2, 0) is 24.1 Å². The molecule has 0 aliphatic rings. The minimum absolute atomic E-state index is 0. The van der Waals surface area contributed by atoms with Crippen LogP contribution in [0.5, 0.6) is 0 Å². The van der Waals surface area contributed by atoms with Gasteiger partial charge >= 0.3 is 39.7 Å². The molecule has 0 saturated carbocycles. The van der Waals surface area contributed by atoms with Gasteiger partial charge < -0.3 is 10.7 Å². The largest absolute Gasteiger partial charge is 1.00 e. The van der Waals surface area contributed by atoms with E-state index in [0.717, 1.165) is 12.1 Å². The number of halogens is 1. The Hall–Kier alpha value is 0.290. The predicted molar refractivity (Wildman–Crippen MR) is 56.7 cm³/mol. The summed E-state index contributed by atoms with van der Waals surface area (Å²) >= 11 is 0. The second-order valence-corrected chi connectivity index (χ2v) is 4.98. The van der Waals surface area contributed by atoms with Crippen molar-refractivity contribution in [1.82, 2.24) is 6.15 Å². The van der Waals surface area contributed by atoms with Crippen LogP contribution in [0.4, 0.5) is 0 Å². The molecule has 0 amide bonds. The predicted octanol–water partition coefficient (Wildman–Crippen LogP) is -2.56. The van der Waals surface area contributed by atoms with Crippen molar-refractivity contribution < 1.29 is 54.6 Å². The van der Waals surface area contributed by atoms with E-state index in [4.69, 9.17) is 0 Å². The van der Waals surface area contributed by atoms with Crippen molar-refractivity contribution in [3.05, 3.63) is 30.3 Å². The van der Waals surface area contributed by atoms with Crippen molar-refractivity contribution >= 4 is 32.9 Å². The molecule has 0 aliphatic carbocycles. The molecule has 0 aromatic heterocycles. The fourth-order valence-corrected chi connectivity index (χ4v) is 2.42. The van der Waals surface area contributed by atoms with Gasteiger partial charge in [0.05, 0.1) is 4.90 Å². The Morgan fingerprint density at radius 3 is 1.76 bits per heavy atom. The molecule has 17 heavy (non-hydrogen) atoms. The Bertz CT molecular complexity index is 517. The van der Waals surface area contributed by atoms with Gasteiger partial charge in [-0.15, -0.1) is 12.4 Å². The van der Waals surface area contributed by atoms with Crippen LogP contribution in [0.25, 0.3) is 0 Å². The van der Waals surface area contributed by atoms with Gasteiger partial charge in [0, 0.05) is 0 Å². The van der Waals surface area contributed by atoms with Crippen LogP contribution >= 0.6 is 12.4 Å². The van der Waals surface area contributed by atoms with E-state index in [2.05, 4.69) is 3.63 Å². The van der Waals surface area contributed by atoms with Crippen molar-refractivity contribution in [3.63, 3.8) is 0 Å². The standard InChI is InChI=1S/C6H6O6S2.ClH.H3N.Na/c7-13(8,12-14(9,10)11)6-4-2-1-3-5-6;;;/h1-5H,(H,9,10,11);1H;1H3;/q;;;+1/p-1. The number of benzene rings is 1. The first-order chi connectivity index (χ1) is 6.31. The molecule has 94 valence electrons. The van der Waals surface area contributed by atoms with Crippen LogP contribution in [0.2, 0.25) is 0 Å². The second kappa shape index (κ2) is 8.40. The van der Waals surface area contributed by atoms with E-state index in [1.165, 1.54) is 18.2 Å². The summed E-state index contributed by atoms with van der Waals surface area (Å²) in [6.07, 6.45) is 0. The van der Waals surface area contributed by atoms with Gasteiger partial charge in [0.25, 0.3) is 0 Å². The van der Waals surface area contributed by atoms with Gasteiger partial charge in [-0.1, -0.05) is 18.2 Å². The molecule has 0 heterocycles. The summed E-state index contributed by atoms with van der Waals surface area (Å²) < 4.78 is 55.7. The molecule has 0 bridgehead atoms. The molecule has 11 heteroatoms. The molecule has 0 saturated heterocycles. The molecule has 0 spiro atoms. The van der Waals surface area contributed by atoms with Crippen LogP contribution in [0.1, 0.15) is 0 Å². The molecule has 7 nitrogen and oxygen atoms in total. The van der Waals surface area contributed by atoms with Gasteiger partial charge in [0.2, 0.25) is 10.4 Å². The van der Waals surface area contributed by atoms with E-state index in [9.17, 15) is 21.4 Å². The van der Waals surface area contributed by atoms with Gasteiger partial charge in [0.15, 0.2) is 0 Å². The Morgan fingerprint density at radius 1 is 1.00 bits per heavy atom. The minimum atomic E-state index is -5.27. The number of hydrogen-bond donors (Lipinski definition) is 1. The first kappa shape index (κ1) is 22.5. The van der Waals surface area contributed by atoms with Gasteiger partial charge in [-0.05, 0) is 12.1 Å². The summed E-state index contributed by atoms with van der Waals surface area (Å²) in [4.78, 5) is -0.389. The summed E-state index contributed by atoms with van der Waals surface area (Å²) in [6, 6.07) is 6.49.